The number of carbonyl (C=O) groups is 1. The summed E-state index contributed by atoms with van der Waals surface area (Å²) >= 11 is 14.8. The highest BCUT2D eigenvalue weighted by atomic mass is 35.5. The van der Waals surface area contributed by atoms with Crippen LogP contribution in [0.4, 0.5) is 5.13 Å². The maximum Gasteiger partial charge on any atom is 0.235 e. The quantitative estimate of drug-likeness (QED) is 0.463. The number of thioether (sulfide) groups is 1. The van der Waals surface area contributed by atoms with E-state index in [9.17, 15) is 4.79 Å². The summed E-state index contributed by atoms with van der Waals surface area (Å²) in [6.07, 6.45) is 0.425. The van der Waals surface area contributed by atoms with E-state index in [2.05, 4.69) is 21.6 Å². The number of anilines is 1. The van der Waals surface area contributed by atoms with Gasteiger partial charge in [-0.1, -0.05) is 35.2 Å². The molecule has 1 fully saturated rings. The van der Waals surface area contributed by atoms with Crippen LogP contribution in [-0.2, 0) is 10.5 Å². The van der Waals surface area contributed by atoms with Crippen LogP contribution < -0.4 is 5.32 Å². The number of hydrogen-bond donors (Lipinski definition) is 1. The van der Waals surface area contributed by atoms with E-state index < -0.39 is 9.75 Å². The smallest absolute Gasteiger partial charge is 0.235 e. The lowest BCUT2D eigenvalue weighted by Gasteiger charge is -2.09. The number of rotatable bonds is 5. The lowest BCUT2D eigenvalue weighted by Crippen LogP contribution is -2.25. The third kappa shape index (κ3) is 3.52. The van der Waals surface area contributed by atoms with Gasteiger partial charge >= 0.3 is 0 Å². The van der Waals surface area contributed by atoms with Gasteiger partial charge < -0.3 is 0 Å². The maximum absolute atomic E-state index is 12.2. The number of benzene rings is 1. The predicted octanol–water partition coefficient (Wildman–Crippen LogP) is 4.22. The van der Waals surface area contributed by atoms with E-state index in [1.165, 1.54) is 23.1 Å². The van der Waals surface area contributed by atoms with Gasteiger partial charge in [-0.3, -0.25) is 10.1 Å². The number of nitrogens with one attached hydrogen (secondary N) is 1. The van der Waals surface area contributed by atoms with Crippen molar-refractivity contribution in [1.82, 2.24) is 10.2 Å². The normalized spacial score (nSPS) is 21.1. The zero-order valence-electron chi connectivity index (χ0n) is 12.5. The van der Waals surface area contributed by atoms with Crippen LogP contribution in [-0.4, -0.2) is 20.4 Å². The first-order chi connectivity index (χ1) is 11.3. The van der Waals surface area contributed by atoms with Gasteiger partial charge in [0, 0.05) is 5.75 Å². The topological polar surface area (TPSA) is 78.7 Å². The molecule has 1 aromatic heterocycles. The lowest BCUT2D eigenvalue weighted by molar-refractivity contribution is -0.120. The summed E-state index contributed by atoms with van der Waals surface area (Å²) in [6, 6.07) is 9.46. The van der Waals surface area contributed by atoms with E-state index >= 15 is 0 Å². The van der Waals surface area contributed by atoms with Gasteiger partial charge in [0.15, 0.2) is 4.34 Å². The van der Waals surface area contributed by atoms with Crippen molar-refractivity contribution < 1.29 is 4.79 Å². The molecule has 2 aromatic rings. The molecule has 0 spiro atoms. The third-order valence-corrected chi connectivity index (χ3v) is 6.98. The predicted molar refractivity (Wildman–Crippen MR) is 96.4 cm³/mol. The molecule has 1 saturated carbocycles. The van der Waals surface area contributed by atoms with Crippen LogP contribution in [0.5, 0.6) is 0 Å². The molecular weight excluding hydrogens is 387 g/mol. The Hall–Kier alpha value is -1.33. The summed E-state index contributed by atoms with van der Waals surface area (Å²) in [6.45, 7) is 1.73. The van der Waals surface area contributed by atoms with Gasteiger partial charge in [0.2, 0.25) is 11.0 Å². The number of aromatic nitrogens is 2. The molecule has 1 aliphatic carbocycles. The number of nitrogens with zero attached hydrogens (tertiary/aromatic N) is 3. The van der Waals surface area contributed by atoms with E-state index in [0.29, 0.717) is 22.9 Å². The van der Waals surface area contributed by atoms with Crippen molar-refractivity contribution in [2.24, 2.45) is 5.41 Å². The first kappa shape index (κ1) is 17.5. The van der Waals surface area contributed by atoms with Gasteiger partial charge in [-0.05, 0) is 31.0 Å². The van der Waals surface area contributed by atoms with Gasteiger partial charge in [0.1, 0.15) is 4.33 Å². The van der Waals surface area contributed by atoms with E-state index in [1.807, 2.05) is 12.1 Å². The molecular formula is C15H12Cl2N4OS2. The SMILES string of the molecule is CC1(C(=O)Nc2nnc(SCc3ccc(C#N)cc3)s2)CC1(Cl)Cl. The average Bonchev–Trinajstić information content (AvgIpc) is 2.88. The molecule has 1 heterocycles. The Morgan fingerprint density at radius 3 is 2.67 bits per heavy atom. The maximum atomic E-state index is 12.2. The van der Waals surface area contributed by atoms with Crippen LogP contribution in [0.2, 0.25) is 0 Å². The lowest BCUT2D eigenvalue weighted by atomic mass is 10.1. The number of amides is 1. The van der Waals surface area contributed by atoms with Crippen LogP contribution in [0.15, 0.2) is 28.6 Å². The minimum absolute atomic E-state index is 0.243. The number of hydrogen-bond acceptors (Lipinski definition) is 6. The van der Waals surface area contributed by atoms with Crippen molar-refractivity contribution in [3.05, 3.63) is 35.4 Å². The van der Waals surface area contributed by atoms with E-state index in [-0.39, 0.29) is 5.91 Å². The van der Waals surface area contributed by atoms with Gasteiger partial charge in [-0.15, -0.1) is 33.4 Å². The fourth-order valence-corrected chi connectivity index (χ4v) is 4.43. The third-order valence-electron chi connectivity index (χ3n) is 3.83. The van der Waals surface area contributed by atoms with Crippen molar-refractivity contribution in [3.63, 3.8) is 0 Å². The average molecular weight is 399 g/mol. The Labute approximate surface area is 157 Å². The summed E-state index contributed by atoms with van der Waals surface area (Å²) in [5.41, 5.74) is 0.935. The van der Waals surface area contributed by atoms with E-state index in [1.54, 1.807) is 19.1 Å². The second-order valence-corrected chi connectivity index (χ2v) is 9.32. The Morgan fingerprint density at radius 2 is 2.08 bits per heavy atom. The van der Waals surface area contributed by atoms with Crippen LogP contribution in [0.1, 0.15) is 24.5 Å². The van der Waals surface area contributed by atoms with E-state index in [4.69, 9.17) is 28.5 Å². The highest BCUT2D eigenvalue weighted by molar-refractivity contribution is 8.00. The zero-order valence-corrected chi connectivity index (χ0v) is 15.7. The number of nitriles is 1. The van der Waals surface area contributed by atoms with E-state index in [0.717, 1.165) is 9.90 Å². The Kier molecular flexibility index (Phi) is 4.76. The van der Waals surface area contributed by atoms with Crippen molar-refractivity contribution in [2.75, 3.05) is 5.32 Å². The minimum Gasteiger partial charge on any atom is -0.300 e. The highest BCUT2D eigenvalue weighted by Gasteiger charge is 2.68. The molecule has 1 aromatic carbocycles. The second kappa shape index (κ2) is 6.52. The van der Waals surface area contributed by atoms with Gasteiger partial charge in [-0.2, -0.15) is 5.26 Å². The molecule has 0 bridgehead atoms. The molecule has 124 valence electrons. The molecule has 9 heteroatoms. The highest BCUT2D eigenvalue weighted by Crippen LogP contribution is 2.64. The molecule has 5 nitrogen and oxygen atoms in total. The molecule has 1 unspecified atom stereocenters. The van der Waals surface area contributed by atoms with Crippen molar-refractivity contribution in [3.8, 4) is 6.07 Å². The van der Waals surface area contributed by atoms with Gasteiger partial charge in [0.25, 0.3) is 0 Å². The molecule has 1 aliphatic rings. The van der Waals surface area contributed by atoms with Crippen molar-refractivity contribution in [2.45, 2.75) is 27.8 Å². The van der Waals surface area contributed by atoms with Crippen LogP contribution >= 0.6 is 46.3 Å². The molecule has 0 radical (unpaired) electrons. The Balaban J connectivity index is 1.56. The number of halogens is 2. The Bertz CT molecular complexity index is 816. The monoisotopic (exact) mass is 398 g/mol. The first-order valence-corrected chi connectivity index (χ1v) is 9.54. The van der Waals surface area contributed by atoms with Crippen molar-refractivity contribution in [1.29, 1.82) is 5.26 Å². The van der Waals surface area contributed by atoms with Crippen molar-refractivity contribution >= 4 is 57.3 Å². The first-order valence-electron chi connectivity index (χ1n) is 6.99. The molecule has 24 heavy (non-hydrogen) atoms. The molecule has 3 rings (SSSR count). The molecule has 1 N–H and O–H groups in total. The number of alkyl halides is 2. The Morgan fingerprint density at radius 1 is 1.42 bits per heavy atom. The van der Waals surface area contributed by atoms with Gasteiger partial charge in [0.05, 0.1) is 17.0 Å². The summed E-state index contributed by atoms with van der Waals surface area (Å²) in [4.78, 5) is 12.2. The summed E-state index contributed by atoms with van der Waals surface area (Å²) < 4.78 is -0.256. The summed E-state index contributed by atoms with van der Waals surface area (Å²) in [5.74, 6) is 0.464. The molecule has 0 aliphatic heterocycles. The number of carbonyl (C=O) groups excluding carboxylic acids is 1. The fourth-order valence-electron chi connectivity index (χ4n) is 2.02. The molecule has 1 atom stereocenters. The molecule has 1 amide bonds. The fraction of sp³-hybridized carbons (Fsp3) is 0.333. The van der Waals surface area contributed by atoms with Crippen LogP contribution in [0.3, 0.4) is 0 Å². The van der Waals surface area contributed by atoms with Crippen LogP contribution in [0, 0.1) is 16.7 Å². The largest absolute Gasteiger partial charge is 0.300 e. The summed E-state index contributed by atoms with van der Waals surface area (Å²) in [7, 11) is 0. The van der Waals surface area contributed by atoms with Crippen LogP contribution in [0.25, 0.3) is 0 Å². The second-order valence-electron chi connectivity index (χ2n) is 5.64. The molecule has 0 saturated heterocycles. The summed E-state index contributed by atoms with van der Waals surface area (Å²) in [5, 5.41) is 20.0. The van der Waals surface area contributed by atoms with Gasteiger partial charge in [-0.25, -0.2) is 0 Å². The minimum atomic E-state index is -1.01. The zero-order chi connectivity index (χ0) is 17.4. The standard InChI is InChI=1S/C15H12Cl2N4OS2/c1-14(8-15(14,16)17)11(22)19-12-20-21-13(24-12)23-7-10-4-2-9(6-18)3-5-10/h2-5H,7-8H2,1H3,(H,19,20,22).